The molecule has 2 N–H and O–H groups in total. The molecule has 2 aliphatic rings. The number of hydrogen-bond acceptors (Lipinski definition) is 3. The van der Waals surface area contributed by atoms with Crippen LogP contribution < -0.4 is 5.73 Å². The van der Waals surface area contributed by atoms with Gasteiger partial charge in [-0.25, -0.2) is 0 Å². The summed E-state index contributed by atoms with van der Waals surface area (Å²) in [6.07, 6.45) is 5.43. The van der Waals surface area contributed by atoms with E-state index in [0.717, 1.165) is 6.54 Å². The molecular weight excluding hydrogens is 216 g/mol. The van der Waals surface area contributed by atoms with Gasteiger partial charge in [-0.15, -0.1) is 0 Å². The van der Waals surface area contributed by atoms with Gasteiger partial charge in [-0.3, -0.25) is 0 Å². The highest BCUT2D eigenvalue weighted by Crippen LogP contribution is 2.41. The summed E-state index contributed by atoms with van der Waals surface area (Å²) in [5.74, 6) is 1.29. The average molecular weight is 242 g/mol. The maximum Gasteiger partial charge on any atom is 0.0116 e. The predicted molar refractivity (Wildman–Crippen MR) is 72.9 cm³/mol. The van der Waals surface area contributed by atoms with Gasteiger partial charge in [0.25, 0.3) is 0 Å². The SMILES string of the molecule is CC1(C)CCN(CC2(CN)CCC2)CCS1. The highest BCUT2D eigenvalue weighted by atomic mass is 32.2. The molecule has 0 unspecified atom stereocenters. The summed E-state index contributed by atoms with van der Waals surface area (Å²) in [4.78, 5) is 2.66. The van der Waals surface area contributed by atoms with Crippen molar-refractivity contribution in [2.75, 3.05) is 31.9 Å². The second-order valence-corrected chi connectivity index (χ2v) is 7.99. The minimum Gasteiger partial charge on any atom is -0.330 e. The number of hydrogen-bond donors (Lipinski definition) is 1. The molecule has 94 valence electrons. The number of nitrogens with two attached hydrogens (primary N) is 1. The van der Waals surface area contributed by atoms with E-state index in [1.807, 2.05) is 0 Å². The summed E-state index contributed by atoms with van der Waals surface area (Å²) in [7, 11) is 0. The van der Waals surface area contributed by atoms with E-state index in [-0.39, 0.29) is 0 Å². The Balaban J connectivity index is 1.86. The molecule has 0 aromatic carbocycles. The first-order valence-corrected chi connectivity index (χ1v) is 7.60. The normalized spacial score (nSPS) is 29.4. The van der Waals surface area contributed by atoms with E-state index in [2.05, 4.69) is 30.5 Å². The Hall–Kier alpha value is 0.270. The molecule has 3 heteroatoms. The van der Waals surface area contributed by atoms with E-state index < -0.39 is 0 Å². The topological polar surface area (TPSA) is 29.3 Å². The Bertz CT molecular complexity index is 231. The van der Waals surface area contributed by atoms with E-state index in [1.54, 1.807) is 0 Å². The summed E-state index contributed by atoms with van der Waals surface area (Å²) >= 11 is 2.13. The molecule has 0 amide bonds. The summed E-state index contributed by atoms with van der Waals surface area (Å²) in [5, 5.41) is 0. The van der Waals surface area contributed by atoms with E-state index in [4.69, 9.17) is 5.73 Å². The lowest BCUT2D eigenvalue weighted by Crippen LogP contribution is -2.47. The van der Waals surface area contributed by atoms with Gasteiger partial charge in [-0.2, -0.15) is 11.8 Å². The predicted octanol–water partition coefficient (Wildman–Crippen LogP) is 2.33. The minimum atomic E-state index is 0.476. The van der Waals surface area contributed by atoms with Crippen molar-refractivity contribution in [3.63, 3.8) is 0 Å². The van der Waals surface area contributed by atoms with Gasteiger partial charge in [0.15, 0.2) is 0 Å². The third-order valence-corrected chi connectivity index (χ3v) is 5.71. The fraction of sp³-hybridized carbons (Fsp3) is 1.00. The highest BCUT2D eigenvalue weighted by molar-refractivity contribution is 8.00. The molecule has 1 aliphatic heterocycles. The van der Waals surface area contributed by atoms with Crippen LogP contribution in [0.25, 0.3) is 0 Å². The van der Waals surface area contributed by atoms with E-state index >= 15 is 0 Å². The fourth-order valence-corrected chi connectivity index (χ4v) is 3.94. The third-order valence-electron chi connectivity index (χ3n) is 4.34. The van der Waals surface area contributed by atoms with Gasteiger partial charge in [0.05, 0.1) is 0 Å². The Labute approximate surface area is 104 Å². The first-order valence-electron chi connectivity index (χ1n) is 6.62. The molecule has 0 aromatic heterocycles. The van der Waals surface area contributed by atoms with Crippen molar-refractivity contribution >= 4 is 11.8 Å². The number of nitrogens with zero attached hydrogens (tertiary/aromatic N) is 1. The van der Waals surface area contributed by atoms with Crippen LogP contribution in [0.4, 0.5) is 0 Å². The Morgan fingerprint density at radius 2 is 1.94 bits per heavy atom. The molecule has 0 spiro atoms. The molecule has 1 saturated heterocycles. The Kier molecular flexibility index (Phi) is 3.87. The maximum absolute atomic E-state index is 5.95. The monoisotopic (exact) mass is 242 g/mol. The van der Waals surface area contributed by atoms with Gasteiger partial charge < -0.3 is 10.6 Å². The Morgan fingerprint density at radius 1 is 1.19 bits per heavy atom. The van der Waals surface area contributed by atoms with Crippen LogP contribution in [0.1, 0.15) is 39.5 Å². The number of thioether (sulfide) groups is 1. The third kappa shape index (κ3) is 2.93. The largest absolute Gasteiger partial charge is 0.330 e. The van der Waals surface area contributed by atoms with Gasteiger partial charge in [0.1, 0.15) is 0 Å². The molecule has 2 nitrogen and oxygen atoms in total. The van der Waals surface area contributed by atoms with Crippen LogP contribution in [0.15, 0.2) is 0 Å². The van der Waals surface area contributed by atoms with Crippen LogP contribution in [0.5, 0.6) is 0 Å². The molecule has 2 fully saturated rings. The lowest BCUT2D eigenvalue weighted by atomic mass is 9.68. The summed E-state index contributed by atoms with van der Waals surface area (Å²) in [6.45, 7) is 9.42. The molecule has 0 aromatic rings. The molecule has 0 bridgehead atoms. The molecule has 1 saturated carbocycles. The quantitative estimate of drug-likeness (QED) is 0.823. The zero-order valence-corrected chi connectivity index (χ0v) is 11.6. The van der Waals surface area contributed by atoms with Gasteiger partial charge in [-0.05, 0) is 37.8 Å². The molecule has 16 heavy (non-hydrogen) atoms. The lowest BCUT2D eigenvalue weighted by molar-refractivity contribution is 0.0773. The zero-order valence-electron chi connectivity index (χ0n) is 10.8. The van der Waals surface area contributed by atoms with Gasteiger partial charge in [0, 0.05) is 23.6 Å². The van der Waals surface area contributed by atoms with Crippen molar-refractivity contribution in [1.29, 1.82) is 0 Å². The smallest absolute Gasteiger partial charge is 0.0116 e. The lowest BCUT2D eigenvalue weighted by Gasteiger charge is -2.44. The molecule has 1 heterocycles. The van der Waals surface area contributed by atoms with Crippen molar-refractivity contribution in [1.82, 2.24) is 4.90 Å². The van der Waals surface area contributed by atoms with E-state index in [1.165, 1.54) is 51.1 Å². The first kappa shape index (κ1) is 12.7. The van der Waals surface area contributed by atoms with Crippen LogP contribution in [0, 0.1) is 5.41 Å². The molecule has 0 atom stereocenters. The number of rotatable bonds is 3. The van der Waals surface area contributed by atoms with E-state index in [0.29, 0.717) is 10.2 Å². The van der Waals surface area contributed by atoms with Crippen molar-refractivity contribution in [2.45, 2.75) is 44.3 Å². The van der Waals surface area contributed by atoms with E-state index in [9.17, 15) is 0 Å². The molecule has 2 rings (SSSR count). The summed E-state index contributed by atoms with van der Waals surface area (Å²) in [5.41, 5.74) is 6.43. The van der Waals surface area contributed by atoms with Crippen molar-refractivity contribution in [3.8, 4) is 0 Å². The molecular formula is C13H26N2S. The van der Waals surface area contributed by atoms with Gasteiger partial charge in [0.2, 0.25) is 0 Å². The van der Waals surface area contributed by atoms with Crippen LogP contribution >= 0.6 is 11.8 Å². The summed E-state index contributed by atoms with van der Waals surface area (Å²) < 4.78 is 0.476. The van der Waals surface area contributed by atoms with Crippen LogP contribution in [-0.2, 0) is 0 Å². The standard InChI is InChI=1S/C13H26N2S/c1-12(2)6-7-15(8-9-16-12)11-13(10-14)4-3-5-13/h3-11,14H2,1-2H3. The van der Waals surface area contributed by atoms with Gasteiger partial charge in [-0.1, -0.05) is 20.3 Å². The average Bonchev–Trinajstić information content (AvgIpc) is 2.34. The van der Waals surface area contributed by atoms with Gasteiger partial charge >= 0.3 is 0 Å². The van der Waals surface area contributed by atoms with Crippen molar-refractivity contribution in [3.05, 3.63) is 0 Å². The van der Waals surface area contributed by atoms with Crippen molar-refractivity contribution in [2.24, 2.45) is 11.1 Å². The van der Waals surface area contributed by atoms with Crippen LogP contribution in [0.2, 0.25) is 0 Å². The second-order valence-electron chi connectivity index (χ2n) is 6.19. The molecule has 0 radical (unpaired) electrons. The minimum absolute atomic E-state index is 0.476. The highest BCUT2D eigenvalue weighted by Gasteiger charge is 2.37. The Morgan fingerprint density at radius 3 is 2.50 bits per heavy atom. The fourth-order valence-electron chi connectivity index (χ4n) is 2.80. The van der Waals surface area contributed by atoms with Crippen LogP contribution in [0.3, 0.4) is 0 Å². The van der Waals surface area contributed by atoms with Crippen LogP contribution in [-0.4, -0.2) is 41.6 Å². The maximum atomic E-state index is 5.95. The molecule has 1 aliphatic carbocycles. The zero-order chi connectivity index (χ0) is 11.6. The second kappa shape index (κ2) is 4.87. The summed E-state index contributed by atoms with van der Waals surface area (Å²) in [6, 6.07) is 0. The first-order chi connectivity index (χ1) is 7.55. The van der Waals surface area contributed by atoms with Crippen molar-refractivity contribution < 1.29 is 0 Å².